The number of hydrogen-bond acceptors (Lipinski definition) is 3. The van der Waals surface area contributed by atoms with Gasteiger partial charge in [0.15, 0.2) is 5.70 Å². The zero-order chi connectivity index (χ0) is 13.8. The predicted molar refractivity (Wildman–Crippen MR) is 81.9 cm³/mol. The summed E-state index contributed by atoms with van der Waals surface area (Å²) in [4.78, 5) is 16.8. The quantitative estimate of drug-likeness (QED) is 0.764. The molecule has 0 spiro atoms. The number of benzene rings is 2. The summed E-state index contributed by atoms with van der Waals surface area (Å²) < 4.78 is 0. The molecule has 1 aliphatic rings. The van der Waals surface area contributed by atoms with Crippen LogP contribution in [0.2, 0.25) is 0 Å². The number of Topliss-reactive ketones (excluding diaryl/α,β-unsaturated/α-hetero) is 1. The number of carbonyl (C=O) groups excluding carboxylic acids is 1. The first-order valence-electron chi connectivity index (χ1n) is 6.28. The van der Waals surface area contributed by atoms with Crippen LogP contribution >= 0.6 is 11.8 Å². The Bertz CT molecular complexity index is 684. The summed E-state index contributed by atoms with van der Waals surface area (Å²) in [6.45, 7) is 0. The van der Waals surface area contributed by atoms with Crippen LogP contribution in [0.3, 0.4) is 0 Å². The van der Waals surface area contributed by atoms with Gasteiger partial charge < -0.3 is 17.0 Å². The lowest BCUT2D eigenvalue weighted by molar-refractivity contribution is -0.467. The third-order valence-electron chi connectivity index (χ3n) is 2.88. The van der Waals surface area contributed by atoms with E-state index < -0.39 is 0 Å². The van der Waals surface area contributed by atoms with Crippen molar-refractivity contribution in [3.8, 4) is 0 Å². The van der Waals surface area contributed by atoms with Gasteiger partial charge in [-0.3, -0.25) is 10.1 Å². The molecule has 21 heavy (non-hydrogen) atoms. The highest BCUT2D eigenvalue weighted by Gasteiger charge is 2.24. The lowest BCUT2D eigenvalue weighted by Gasteiger charge is -1.98. The van der Waals surface area contributed by atoms with Crippen LogP contribution in [-0.4, -0.2) is 11.0 Å². The van der Waals surface area contributed by atoms with Gasteiger partial charge in [0.1, 0.15) is 0 Å². The molecule has 0 amide bonds. The molecule has 2 N–H and O–H groups in total. The molecule has 0 radical (unpaired) electrons. The highest BCUT2D eigenvalue weighted by Crippen LogP contribution is 2.17. The Hall–Kier alpha value is -1.69. The van der Waals surface area contributed by atoms with E-state index in [4.69, 9.17) is 0 Å². The number of quaternary nitrogens is 1. The number of aliphatic imine (C=N–C) groups is 1. The van der Waals surface area contributed by atoms with Gasteiger partial charge in [0.25, 0.3) is 5.17 Å². The van der Waals surface area contributed by atoms with Crippen molar-refractivity contribution in [2.24, 2.45) is 4.99 Å². The standard InChI is InChI=1S/C16H12N2OS.BrH/c19-15(12-7-3-1-4-8-12)14-11-20-16(18-14)17-13-9-5-2-6-10-13;/h1-11H,(H,17,18);1H. The van der Waals surface area contributed by atoms with E-state index in [9.17, 15) is 4.79 Å². The van der Waals surface area contributed by atoms with Crippen LogP contribution in [0.15, 0.2) is 76.8 Å². The number of thioether (sulfide) groups is 1. The number of nitrogens with zero attached hydrogens (tertiary/aromatic N) is 1. The predicted octanol–water partition coefficient (Wildman–Crippen LogP) is -0.287. The smallest absolute Gasteiger partial charge is 0.270 e. The maximum absolute atomic E-state index is 12.3. The van der Waals surface area contributed by atoms with E-state index in [-0.39, 0.29) is 22.8 Å². The molecule has 0 fully saturated rings. The Morgan fingerprint density at radius 3 is 2.24 bits per heavy atom. The van der Waals surface area contributed by atoms with Crippen molar-refractivity contribution in [3.05, 3.63) is 77.3 Å². The molecule has 3 rings (SSSR count). The van der Waals surface area contributed by atoms with Crippen LogP contribution in [0.1, 0.15) is 10.4 Å². The Kier molecular flexibility index (Phi) is 5.50. The number of nitrogens with two attached hydrogens (primary N) is 1. The van der Waals surface area contributed by atoms with Crippen LogP contribution in [0, 0.1) is 0 Å². The number of rotatable bonds is 3. The molecule has 0 aromatic heterocycles. The molecule has 0 unspecified atom stereocenters. The first kappa shape index (κ1) is 15.7. The number of amidine groups is 1. The molecule has 5 heteroatoms. The molecular formula is C16H13BrN2OS. The average molecular weight is 361 g/mol. The topological polar surface area (TPSA) is 46.0 Å². The number of carbonyl (C=O) groups is 1. The lowest BCUT2D eigenvalue weighted by Crippen LogP contribution is -3.00. The molecule has 1 aliphatic heterocycles. The van der Waals surface area contributed by atoms with Crippen molar-refractivity contribution in [2.45, 2.75) is 0 Å². The Labute approximate surface area is 137 Å². The van der Waals surface area contributed by atoms with Gasteiger partial charge in [0, 0.05) is 11.0 Å². The first-order chi connectivity index (χ1) is 9.83. The monoisotopic (exact) mass is 360 g/mol. The zero-order valence-corrected chi connectivity index (χ0v) is 13.5. The molecule has 0 aliphatic carbocycles. The number of hydrogen-bond donors (Lipinski definition) is 1. The zero-order valence-electron chi connectivity index (χ0n) is 11.1. The summed E-state index contributed by atoms with van der Waals surface area (Å²) in [6, 6.07) is 19.0. The van der Waals surface area contributed by atoms with Gasteiger partial charge in [-0.1, -0.05) is 48.5 Å². The summed E-state index contributed by atoms with van der Waals surface area (Å²) >= 11 is 1.48. The second kappa shape index (κ2) is 7.36. The van der Waals surface area contributed by atoms with Crippen molar-refractivity contribution < 1.29 is 27.1 Å². The van der Waals surface area contributed by atoms with Gasteiger partial charge in [0.05, 0.1) is 5.69 Å². The first-order valence-corrected chi connectivity index (χ1v) is 7.16. The fourth-order valence-electron chi connectivity index (χ4n) is 1.89. The third kappa shape index (κ3) is 3.91. The highest BCUT2D eigenvalue weighted by molar-refractivity contribution is 8.16. The summed E-state index contributed by atoms with van der Waals surface area (Å²) in [6.07, 6.45) is 0. The van der Waals surface area contributed by atoms with Crippen LogP contribution in [-0.2, 0) is 0 Å². The molecule has 2 aromatic rings. The Morgan fingerprint density at radius 1 is 0.952 bits per heavy atom. The fraction of sp³-hybridized carbons (Fsp3) is 0. The largest absolute Gasteiger partial charge is 1.00 e. The molecule has 0 atom stereocenters. The molecular weight excluding hydrogens is 348 g/mol. The minimum Gasteiger partial charge on any atom is -1.00 e. The van der Waals surface area contributed by atoms with Gasteiger partial charge in [-0.25, -0.2) is 0 Å². The normalized spacial score (nSPS) is 15.4. The number of halogens is 1. The fourth-order valence-corrected chi connectivity index (χ4v) is 2.66. The van der Waals surface area contributed by atoms with Crippen LogP contribution < -0.4 is 22.3 Å². The molecule has 0 bridgehead atoms. The number of para-hydroxylation sites is 1. The second-order valence-electron chi connectivity index (χ2n) is 4.32. The second-order valence-corrected chi connectivity index (χ2v) is 5.21. The van der Waals surface area contributed by atoms with E-state index in [2.05, 4.69) is 4.99 Å². The minimum absolute atomic E-state index is 0. The van der Waals surface area contributed by atoms with Crippen molar-refractivity contribution >= 4 is 28.4 Å². The van der Waals surface area contributed by atoms with Crippen LogP contribution in [0.5, 0.6) is 0 Å². The number of allylic oxidation sites excluding steroid dienone is 1. The maximum Gasteiger partial charge on any atom is 0.270 e. The third-order valence-corrected chi connectivity index (χ3v) is 3.70. The SMILES string of the molecule is O=C(C1=CSC(=Nc2ccccc2)[NH2+]1)c1ccccc1.[Br-]. The van der Waals surface area contributed by atoms with Gasteiger partial charge >= 0.3 is 0 Å². The van der Waals surface area contributed by atoms with Gasteiger partial charge in [-0.2, -0.15) is 4.99 Å². The summed E-state index contributed by atoms with van der Waals surface area (Å²) in [5.41, 5.74) is 2.29. The van der Waals surface area contributed by atoms with Gasteiger partial charge in [-0.05, 0) is 23.9 Å². The van der Waals surface area contributed by atoms with E-state index in [1.165, 1.54) is 11.8 Å². The molecule has 1 heterocycles. The minimum atomic E-state index is 0. The molecule has 0 saturated heterocycles. The van der Waals surface area contributed by atoms with Crippen molar-refractivity contribution in [1.82, 2.24) is 0 Å². The van der Waals surface area contributed by atoms with E-state index in [0.717, 1.165) is 10.9 Å². The Balaban J connectivity index is 0.00000161. The van der Waals surface area contributed by atoms with Gasteiger partial charge in [0.2, 0.25) is 5.78 Å². The average Bonchev–Trinajstić information content (AvgIpc) is 2.97. The van der Waals surface area contributed by atoms with E-state index >= 15 is 0 Å². The molecule has 106 valence electrons. The Morgan fingerprint density at radius 2 is 1.57 bits per heavy atom. The van der Waals surface area contributed by atoms with E-state index in [1.54, 1.807) is 0 Å². The summed E-state index contributed by atoms with van der Waals surface area (Å²) in [5, 5.41) is 4.54. The van der Waals surface area contributed by atoms with Crippen molar-refractivity contribution in [2.75, 3.05) is 0 Å². The highest BCUT2D eigenvalue weighted by atomic mass is 79.9. The summed E-state index contributed by atoms with van der Waals surface area (Å²) in [5.74, 6) is 0.0383. The van der Waals surface area contributed by atoms with Crippen molar-refractivity contribution in [3.63, 3.8) is 0 Å². The maximum atomic E-state index is 12.3. The molecule has 2 aromatic carbocycles. The van der Waals surface area contributed by atoms with E-state index in [1.807, 2.05) is 71.4 Å². The van der Waals surface area contributed by atoms with E-state index in [0.29, 0.717) is 11.3 Å². The lowest BCUT2D eigenvalue weighted by atomic mass is 10.1. The molecule has 0 saturated carbocycles. The van der Waals surface area contributed by atoms with Crippen LogP contribution in [0.25, 0.3) is 0 Å². The summed E-state index contributed by atoms with van der Waals surface area (Å²) in [7, 11) is 0. The molecule has 3 nitrogen and oxygen atoms in total. The number of ketones is 1. The van der Waals surface area contributed by atoms with Gasteiger partial charge in [-0.15, -0.1) is 0 Å². The van der Waals surface area contributed by atoms with Crippen molar-refractivity contribution in [1.29, 1.82) is 0 Å². The van der Waals surface area contributed by atoms with Crippen LogP contribution in [0.4, 0.5) is 5.69 Å².